The van der Waals surface area contributed by atoms with Gasteiger partial charge >= 0.3 is 0 Å². The number of rotatable bonds is 3. The fourth-order valence-electron chi connectivity index (χ4n) is 1.74. The maximum absolute atomic E-state index is 12.1. The highest BCUT2D eigenvalue weighted by Crippen LogP contribution is 2.20. The lowest BCUT2D eigenvalue weighted by molar-refractivity contribution is 0.0711. The molecule has 1 aromatic carbocycles. The Balaban J connectivity index is 2.30. The first kappa shape index (κ1) is 11.7. The van der Waals surface area contributed by atoms with Crippen LogP contribution < -0.4 is 0 Å². The van der Waals surface area contributed by atoms with Gasteiger partial charge in [-0.05, 0) is 25.5 Å². The summed E-state index contributed by atoms with van der Waals surface area (Å²) in [5.74, 6) is 0.351. The van der Waals surface area contributed by atoms with Gasteiger partial charge < -0.3 is 9.32 Å². The molecule has 1 aromatic heterocycles. The van der Waals surface area contributed by atoms with Crippen LogP contribution in [0.15, 0.2) is 34.7 Å². The number of furan rings is 1. The van der Waals surface area contributed by atoms with Gasteiger partial charge in [-0.15, -0.1) is 0 Å². The Labute approximate surface area is 101 Å². The second-order valence-corrected chi connectivity index (χ2v) is 4.32. The zero-order chi connectivity index (χ0) is 12.4. The van der Waals surface area contributed by atoms with E-state index in [1.54, 1.807) is 11.0 Å². The molecule has 3 heteroatoms. The highest BCUT2D eigenvalue weighted by molar-refractivity contribution is 5.96. The molecule has 0 saturated carbocycles. The van der Waals surface area contributed by atoms with Crippen LogP contribution in [0.5, 0.6) is 0 Å². The molecule has 0 fully saturated rings. The van der Waals surface area contributed by atoms with Crippen LogP contribution in [-0.2, 0) is 0 Å². The van der Waals surface area contributed by atoms with Gasteiger partial charge in [0, 0.05) is 18.5 Å². The molecule has 0 aliphatic carbocycles. The molecule has 0 spiro atoms. The predicted molar refractivity (Wildman–Crippen MR) is 68.1 cm³/mol. The van der Waals surface area contributed by atoms with Crippen molar-refractivity contribution in [1.82, 2.24) is 4.90 Å². The third kappa shape index (κ3) is 2.18. The van der Waals surface area contributed by atoms with Gasteiger partial charge in [0.2, 0.25) is 0 Å². The van der Waals surface area contributed by atoms with E-state index in [1.807, 2.05) is 38.2 Å². The molecule has 1 unspecified atom stereocenters. The zero-order valence-electron chi connectivity index (χ0n) is 10.4. The minimum absolute atomic E-state index is 0.0597. The molecule has 0 aliphatic heterocycles. The first-order chi connectivity index (χ1) is 8.13. The summed E-state index contributed by atoms with van der Waals surface area (Å²) in [6.45, 7) is 4.09. The number of nitrogens with zero attached hydrogens (tertiary/aromatic N) is 1. The lowest BCUT2D eigenvalue weighted by Gasteiger charge is -2.22. The molecule has 1 atom stereocenters. The molecule has 0 saturated heterocycles. The number of carbonyl (C=O) groups is 1. The maximum atomic E-state index is 12.1. The Morgan fingerprint density at radius 3 is 2.76 bits per heavy atom. The monoisotopic (exact) mass is 231 g/mol. The van der Waals surface area contributed by atoms with E-state index in [0.29, 0.717) is 5.76 Å². The van der Waals surface area contributed by atoms with Crippen LogP contribution in [0.25, 0.3) is 11.0 Å². The van der Waals surface area contributed by atoms with E-state index in [4.69, 9.17) is 4.42 Å². The van der Waals surface area contributed by atoms with E-state index >= 15 is 0 Å². The third-order valence-electron chi connectivity index (χ3n) is 3.21. The minimum atomic E-state index is -0.0597. The second kappa shape index (κ2) is 4.62. The van der Waals surface area contributed by atoms with Crippen molar-refractivity contribution in [3.8, 4) is 0 Å². The predicted octanol–water partition coefficient (Wildman–Crippen LogP) is 3.30. The molecule has 1 amide bonds. The summed E-state index contributed by atoms with van der Waals surface area (Å²) in [5.41, 5.74) is 0.758. The Morgan fingerprint density at radius 1 is 1.41 bits per heavy atom. The molecule has 0 radical (unpaired) electrons. The fourth-order valence-corrected chi connectivity index (χ4v) is 1.74. The highest BCUT2D eigenvalue weighted by Gasteiger charge is 2.19. The smallest absolute Gasteiger partial charge is 0.289 e. The molecule has 90 valence electrons. The summed E-state index contributed by atoms with van der Waals surface area (Å²) in [5, 5.41) is 0.966. The summed E-state index contributed by atoms with van der Waals surface area (Å²) >= 11 is 0. The Hall–Kier alpha value is -1.77. The van der Waals surface area contributed by atoms with E-state index in [0.717, 1.165) is 17.4 Å². The summed E-state index contributed by atoms with van der Waals surface area (Å²) in [6, 6.07) is 9.67. The highest BCUT2D eigenvalue weighted by atomic mass is 16.3. The Bertz CT molecular complexity index is 497. The van der Waals surface area contributed by atoms with Crippen LogP contribution >= 0.6 is 0 Å². The fraction of sp³-hybridized carbons (Fsp3) is 0.357. The van der Waals surface area contributed by atoms with Gasteiger partial charge in [-0.25, -0.2) is 0 Å². The molecule has 0 bridgehead atoms. The minimum Gasteiger partial charge on any atom is -0.451 e. The molecule has 0 aliphatic rings. The average molecular weight is 231 g/mol. The van der Waals surface area contributed by atoms with Crippen molar-refractivity contribution in [2.45, 2.75) is 26.3 Å². The van der Waals surface area contributed by atoms with E-state index in [1.165, 1.54) is 0 Å². The number of carbonyl (C=O) groups excluding carboxylic acids is 1. The number of para-hydroxylation sites is 1. The molecule has 17 heavy (non-hydrogen) atoms. The van der Waals surface area contributed by atoms with Gasteiger partial charge in [-0.1, -0.05) is 25.1 Å². The Kier molecular flexibility index (Phi) is 3.18. The standard InChI is InChI=1S/C14H17NO2/c1-4-10(2)15(3)14(16)13-9-11-7-5-6-8-12(11)17-13/h5-10H,4H2,1-3H3. The van der Waals surface area contributed by atoms with Crippen molar-refractivity contribution in [3.05, 3.63) is 36.1 Å². The summed E-state index contributed by atoms with van der Waals surface area (Å²) in [7, 11) is 1.81. The molecule has 2 aromatic rings. The van der Waals surface area contributed by atoms with Crippen LogP contribution in [0.1, 0.15) is 30.8 Å². The van der Waals surface area contributed by atoms with Gasteiger partial charge in [0.25, 0.3) is 5.91 Å². The largest absolute Gasteiger partial charge is 0.451 e. The van der Waals surface area contributed by atoms with Crippen molar-refractivity contribution in [2.75, 3.05) is 7.05 Å². The number of hydrogen-bond acceptors (Lipinski definition) is 2. The van der Waals surface area contributed by atoms with E-state index < -0.39 is 0 Å². The van der Waals surface area contributed by atoms with Gasteiger partial charge in [0.05, 0.1) is 0 Å². The van der Waals surface area contributed by atoms with Gasteiger partial charge in [0.1, 0.15) is 5.58 Å². The van der Waals surface area contributed by atoms with Crippen LogP contribution in [-0.4, -0.2) is 23.9 Å². The molecular weight excluding hydrogens is 214 g/mol. The second-order valence-electron chi connectivity index (χ2n) is 4.32. The SMILES string of the molecule is CCC(C)N(C)C(=O)c1cc2ccccc2o1. The van der Waals surface area contributed by atoms with E-state index in [9.17, 15) is 4.79 Å². The normalized spacial score (nSPS) is 12.6. The number of fused-ring (bicyclic) bond motifs is 1. The van der Waals surface area contributed by atoms with Gasteiger partial charge in [0.15, 0.2) is 5.76 Å². The van der Waals surface area contributed by atoms with Crippen LogP contribution in [0, 0.1) is 0 Å². The summed E-state index contributed by atoms with van der Waals surface area (Å²) in [4.78, 5) is 13.9. The average Bonchev–Trinajstić information content (AvgIpc) is 2.79. The molecule has 2 rings (SSSR count). The number of hydrogen-bond donors (Lipinski definition) is 0. The molecule has 1 heterocycles. The van der Waals surface area contributed by atoms with Gasteiger partial charge in [-0.2, -0.15) is 0 Å². The molecule has 0 N–H and O–H groups in total. The zero-order valence-corrected chi connectivity index (χ0v) is 10.4. The van der Waals surface area contributed by atoms with Crippen molar-refractivity contribution in [1.29, 1.82) is 0 Å². The molecular formula is C14H17NO2. The quantitative estimate of drug-likeness (QED) is 0.812. The number of benzene rings is 1. The first-order valence-electron chi connectivity index (χ1n) is 5.89. The van der Waals surface area contributed by atoms with Gasteiger partial charge in [-0.3, -0.25) is 4.79 Å². The maximum Gasteiger partial charge on any atom is 0.289 e. The third-order valence-corrected chi connectivity index (χ3v) is 3.21. The summed E-state index contributed by atoms with van der Waals surface area (Å²) in [6.07, 6.45) is 0.933. The number of amides is 1. The van der Waals surface area contributed by atoms with Crippen LogP contribution in [0.3, 0.4) is 0 Å². The van der Waals surface area contributed by atoms with Crippen molar-refractivity contribution < 1.29 is 9.21 Å². The lowest BCUT2D eigenvalue weighted by atomic mass is 10.2. The van der Waals surface area contributed by atoms with Crippen LogP contribution in [0.4, 0.5) is 0 Å². The van der Waals surface area contributed by atoms with Crippen LogP contribution in [0.2, 0.25) is 0 Å². The van der Waals surface area contributed by atoms with Crippen molar-refractivity contribution >= 4 is 16.9 Å². The van der Waals surface area contributed by atoms with Crippen molar-refractivity contribution in [2.24, 2.45) is 0 Å². The molecule has 3 nitrogen and oxygen atoms in total. The Morgan fingerprint density at radius 2 is 2.12 bits per heavy atom. The van der Waals surface area contributed by atoms with E-state index in [2.05, 4.69) is 6.92 Å². The first-order valence-corrected chi connectivity index (χ1v) is 5.89. The van der Waals surface area contributed by atoms with E-state index in [-0.39, 0.29) is 11.9 Å². The van der Waals surface area contributed by atoms with Crippen molar-refractivity contribution in [3.63, 3.8) is 0 Å². The topological polar surface area (TPSA) is 33.5 Å². The summed E-state index contributed by atoms with van der Waals surface area (Å²) < 4.78 is 5.55. The lowest BCUT2D eigenvalue weighted by Crippen LogP contribution is -2.34.